The average Bonchev–Trinajstić information content (AvgIpc) is 2.72. The van der Waals surface area contributed by atoms with Gasteiger partial charge in [0.1, 0.15) is 21.3 Å². The van der Waals surface area contributed by atoms with Crippen molar-refractivity contribution in [2.45, 2.75) is 62.2 Å². The fraction of sp³-hybridized carbons (Fsp3) is 0.308. The highest BCUT2D eigenvalue weighted by Crippen LogP contribution is 2.29. The predicted molar refractivity (Wildman–Crippen MR) is 137 cm³/mol. The normalized spacial score (nSPS) is 12.9. The van der Waals surface area contributed by atoms with E-state index in [0.717, 1.165) is 29.3 Å². The van der Waals surface area contributed by atoms with Crippen LogP contribution in [0.15, 0.2) is 76.5 Å². The van der Waals surface area contributed by atoms with Crippen molar-refractivity contribution in [3.8, 4) is 11.5 Å². The molecule has 0 spiro atoms. The molecule has 7 nitrogen and oxygen atoms in total. The summed E-state index contributed by atoms with van der Waals surface area (Å²) in [4.78, 5) is -0.801. The Morgan fingerprint density at radius 2 is 0.886 bits per heavy atom. The summed E-state index contributed by atoms with van der Waals surface area (Å²) >= 11 is 0. The molecule has 3 aromatic carbocycles. The molecule has 35 heavy (non-hydrogen) atoms. The first-order valence-electron chi connectivity index (χ1n) is 11.0. The summed E-state index contributed by atoms with van der Waals surface area (Å²) in [7, 11) is -8.72. The molecule has 0 amide bonds. The van der Waals surface area contributed by atoms with Crippen LogP contribution in [0.4, 0.5) is 5.69 Å². The molecule has 0 aromatic heterocycles. The fourth-order valence-electron chi connectivity index (χ4n) is 3.25. The van der Waals surface area contributed by atoms with Crippen molar-refractivity contribution in [1.82, 2.24) is 0 Å². The zero-order valence-corrected chi connectivity index (χ0v) is 22.3. The lowest BCUT2D eigenvalue weighted by Crippen LogP contribution is -2.15. The second kappa shape index (κ2) is 9.20. The van der Waals surface area contributed by atoms with E-state index in [2.05, 4.69) is 0 Å². The van der Waals surface area contributed by atoms with Gasteiger partial charge in [0.05, 0.1) is 0 Å². The Labute approximate surface area is 208 Å². The van der Waals surface area contributed by atoms with Gasteiger partial charge in [-0.3, -0.25) is 0 Å². The quantitative estimate of drug-likeness (QED) is 0.344. The molecule has 188 valence electrons. The Kier molecular flexibility index (Phi) is 6.98. The number of benzene rings is 3. The third-order valence-electron chi connectivity index (χ3n) is 5.33. The smallest absolute Gasteiger partial charge is 0.339 e. The highest BCUT2D eigenvalue weighted by molar-refractivity contribution is 7.88. The Balaban J connectivity index is 1.88. The van der Waals surface area contributed by atoms with E-state index in [4.69, 9.17) is 14.1 Å². The molecule has 2 N–H and O–H groups in total. The van der Waals surface area contributed by atoms with Gasteiger partial charge in [-0.1, -0.05) is 65.8 Å². The maximum absolute atomic E-state index is 12.9. The van der Waals surface area contributed by atoms with Crippen LogP contribution in [0.3, 0.4) is 0 Å². The lowest BCUT2D eigenvalue weighted by Gasteiger charge is -2.19. The van der Waals surface area contributed by atoms with E-state index in [-0.39, 0.29) is 28.0 Å². The number of nitrogen functional groups attached to an aromatic ring is 1. The van der Waals surface area contributed by atoms with Crippen LogP contribution < -0.4 is 14.1 Å². The standard InChI is InChI=1S/C26H31NO6S2/c1-25(2,3)18-7-11-21(12-8-18)32-34(28,29)23-15-20(27)16-24(17-23)35(30,31)33-22-13-9-19(10-14-22)26(4,5)6/h7-17H,27H2,1-6H3. The molecule has 0 saturated carbocycles. The molecule has 0 aliphatic heterocycles. The summed E-state index contributed by atoms with van der Waals surface area (Å²) in [6, 6.07) is 16.5. The highest BCUT2D eigenvalue weighted by atomic mass is 32.2. The largest absolute Gasteiger partial charge is 0.399 e. The van der Waals surface area contributed by atoms with E-state index >= 15 is 0 Å². The summed E-state index contributed by atoms with van der Waals surface area (Å²) in [5.74, 6) is 0.194. The molecule has 3 aromatic rings. The molecular formula is C26H31NO6S2. The van der Waals surface area contributed by atoms with Crippen LogP contribution in [-0.4, -0.2) is 16.8 Å². The minimum atomic E-state index is -4.36. The molecular weight excluding hydrogens is 486 g/mol. The van der Waals surface area contributed by atoms with Crippen LogP contribution >= 0.6 is 0 Å². The first kappa shape index (κ1) is 26.6. The van der Waals surface area contributed by atoms with Gasteiger partial charge in [-0.25, -0.2) is 0 Å². The Bertz CT molecular complexity index is 1310. The van der Waals surface area contributed by atoms with Gasteiger partial charge in [0.2, 0.25) is 0 Å². The first-order chi connectivity index (χ1) is 16.0. The lowest BCUT2D eigenvalue weighted by atomic mass is 9.87. The summed E-state index contributed by atoms with van der Waals surface area (Å²) in [6.45, 7) is 12.2. The van der Waals surface area contributed by atoms with Crippen molar-refractivity contribution in [3.63, 3.8) is 0 Å². The van der Waals surface area contributed by atoms with Crippen molar-refractivity contribution in [2.75, 3.05) is 5.73 Å². The Morgan fingerprint density at radius 1 is 0.571 bits per heavy atom. The van der Waals surface area contributed by atoms with Gasteiger partial charge in [-0.05, 0) is 64.4 Å². The topological polar surface area (TPSA) is 113 Å². The van der Waals surface area contributed by atoms with Crippen molar-refractivity contribution in [2.24, 2.45) is 0 Å². The third-order valence-corrected chi connectivity index (χ3v) is 7.78. The summed E-state index contributed by atoms with van der Waals surface area (Å²) in [6.07, 6.45) is 0. The maximum atomic E-state index is 12.9. The van der Waals surface area contributed by atoms with Crippen molar-refractivity contribution < 1.29 is 25.2 Å². The first-order valence-corrected chi connectivity index (χ1v) is 13.8. The molecule has 0 bridgehead atoms. The molecule has 3 rings (SSSR count). The monoisotopic (exact) mass is 517 g/mol. The fourth-order valence-corrected chi connectivity index (χ4v) is 5.35. The Hall–Kier alpha value is -3.04. The maximum Gasteiger partial charge on any atom is 0.339 e. The minimum absolute atomic E-state index is 0.0667. The van der Waals surface area contributed by atoms with Gasteiger partial charge >= 0.3 is 20.2 Å². The van der Waals surface area contributed by atoms with Gasteiger partial charge in [0.15, 0.2) is 0 Å². The molecule has 0 fully saturated rings. The SMILES string of the molecule is CC(C)(C)c1ccc(OS(=O)(=O)c2cc(N)cc(S(=O)(=O)Oc3ccc(C(C)(C)C)cc3)c2)cc1. The van der Waals surface area contributed by atoms with Gasteiger partial charge in [-0.15, -0.1) is 0 Å². The molecule has 0 heterocycles. The van der Waals surface area contributed by atoms with Gasteiger partial charge in [-0.2, -0.15) is 16.8 Å². The van der Waals surface area contributed by atoms with Crippen molar-refractivity contribution in [1.29, 1.82) is 0 Å². The Morgan fingerprint density at radius 3 is 1.17 bits per heavy atom. The zero-order valence-electron chi connectivity index (χ0n) is 20.7. The molecule has 0 atom stereocenters. The lowest BCUT2D eigenvalue weighted by molar-refractivity contribution is 0.483. The highest BCUT2D eigenvalue weighted by Gasteiger charge is 2.25. The summed E-state index contributed by atoms with van der Waals surface area (Å²) < 4.78 is 62.0. The van der Waals surface area contributed by atoms with E-state index < -0.39 is 30.0 Å². The second-order valence-electron chi connectivity index (χ2n) is 10.4. The number of anilines is 1. The second-order valence-corrected chi connectivity index (χ2v) is 13.5. The van der Waals surface area contributed by atoms with E-state index in [1.54, 1.807) is 48.5 Å². The molecule has 9 heteroatoms. The van der Waals surface area contributed by atoms with Gasteiger partial charge in [0, 0.05) is 5.69 Å². The van der Waals surface area contributed by atoms with Crippen LogP contribution in [0.5, 0.6) is 11.5 Å². The van der Waals surface area contributed by atoms with Gasteiger partial charge in [0.25, 0.3) is 0 Å². The summed E-state index contributed by atoms with van der Waals surface area (Å²) in [5.41, 5.74) is 7.56. The van der Waals surface area contributed by atoms with Crippen LogP contribution in [-0.2, 0) is 31.1 Å². The molecule has 0 radical (unpaired) electrons. The average molecular weight is 518 g/mol. The van der Waals surface area contributed by atoms with Crippen LogP contribution in [0.25, 0.3) is 0 Å². The van der Waals surface area contributed by atoms with Crippen molar-refractivity contribution in [3.05, 3.63) is 77.9 Å². The zero-order chi connectivity index (χ0) is 26.2. The van der Waals surface area contributed by atoms with Crippen LogP contribution in [0, 0.1) is 0 Å². The molecule has 0 unspecified atom stereocenters. The summed E-state index contributed by atoms with van der Waals surface area (Å²) in [5, 5.41) is 0. The van der Waals surface area contributed by atoms with Crippen LogP contribution in [0.2, 0.25) is 0 Å². The number of hydrogen-bond donors (Lipinski definition) is 1. The van der Waals surface area contributed by atoms with E-state index in [0.29, 0.717) is 0 Å². The van der Waals surface area contributed by atoms with E-state index in [1.807, 2.05) is 41.5 Å². The number of hydrogen-bond acceptors (Lipinski definition) is 7. The third kappa shape index (κ3) is 6.55. The molecule has 0 saturated heterocycles. The molecule has 0 aliphatic rings. The van der Waals surface area contributed by atoms with Gasteiger partial charge < -0.3 is 14.1 Å². The van der Waals surface area contributed by atoms with Crippen LogP contribution in [0.1, 0.15) is 52.7 Å². The number of rotatable bonds is 6. The van der Waals surface area contributed by atoms with Crippen molar-refractivity contribution >= 4 is 25.9 Å². The molecule has 0 aliphatic carbocycles. The minimum Gasteiger partial charge on any atom is -0.399 e. The van der Waals surface area contributed by atoms with E-state index in [1.165, 1.54) is 0 Å². The number of nitrogens with two attached hydrogens (primary N) is 1. The predicted octanol–water partition coefficient (Wildman–Crippen LogP) is 5.40. The van der Waals surface area contributed by atoms with E-state index in [9.17, 15) is 16.8 Å².